The van der Waals surface area contributed by atoms with Crippen molar-refractivity contribution in [3.63, 3.8) is 0 Å². The molecule has 7 nitrogen and oxygen atoms in total. The summed E-state index contributed by atoms with van der Waals surface area (Å²) in [5, 5.41) is 7.89. The number of aromatic amines is 1. The number of amides is 1. The average Bonchev–Trinajstić information content (AvgIpc) is 3.92. The monoisotopic (exact) mass is 613 g/mol. The first-order chi connectivity index (χ1) is 21.1. The van der Waals surface area contributed by atoms with E-state index in [0.717, 1.165) is 66.4 Å². The van der Waals surface area contributed by atoms with Gasteiger partial charge < -0.3 is 15.0 Å². The van der Waals surface area contributed by atoms with Crippen LogP contribution in [0.2, 0.25) is 25.7 Å². The number of hydrogen-bond acceptors (Lipinski definition) is 4. The molecule has 4 aromatic rings. The van der Waals surface area contributed by atoms with Gasteiger partial charge in [-0.2, -0.15) is 9.49 Å². The van der Waals surface area contributed by atoms with Crippen LogP contribution in [0.3, 0.4) is 0 Å². The molecule has 2 aliphatic carbocycles. The fourth-order valence-electron chi connectivity index (χ4n) is 6.40. The van der Waals surface area contributed by atoms with Gasteiger partial charge in [-0.3, -0.25) is 4.79 Å². The van der Waals surface area contributed by atoms with Crippen molar-refractivity contribution in [3.8, 4) is 22.4 Å². The molecule has 44 heavy (non-hydrogen) atoms. The summed E-state index contributed by atoms with van der Waals surface area (Å²) >= 11 is 0. The molecule has 1 atom stereocenters. The Balaban J connectivity index is 1.20. The van der Waals surface area contributed by atoms with Crippen LogP contribution < -0.4 is 5.32 Å². The third-order valence-corrected chi connectivity index (χ3v) is 10.8. The minimum Gasteiger partial charge on any atom is -0.360 e. The Morgan fingerprint density at radius 3 is 2.30 bits per heavy atom. The highest BCUT2D eigenvalue weighted by Gasteiger charge is 2.49. The molecule has 2 fully saturated rings. The van der Waals surface area contributed by atoms with Crippen LogP contribution in [-0.4, -0.2) is 40.3 Å². The van der Waals surface area contributed by atoms with E-state index in [1.807, 2.05) is 66.2 Å². The first kappa shape index (κ1) is 30.5. The second-order valence-electron chi connectivity index (χ2n) is 13.8. The molecule has 9 heteroatoms. The van der Waals surface area contributed by atoms with E-state index in [1.165, 1.54) is 0 Å². The zero-order chi connectivity index (χ0) is 31.0. The van der Waals surface area contributed by atoms with Gasteiger partial charge in [0.05, 0.1) is 11.6 Å². The fourth-order valence-corrected chi connectivity index (χ4v) is 7.15. The van der Waals surface area contributed by atoms with E-state index in [2.05, 4.69) is 41.8 Å². The molecular formula is C35H44FN5O2Si. The number of aryl methyl sites for hydroxylation is 1. The Hall–Kier alpha value is -3.56. The van der Waals surface area contributed by atoms with E-state index >= 15 is 4.39 Å². The Morgan fingerprint density at radius 1 is 1.02 bits per heavy atom. The van der Waals surface area contributed by atoms with Gasteiger partial charge in [-0.15, -0.1) is 0 Å². The first-order valence-electron chi connectivity index (χ1n) is 15.9. The van der Waals surface area contributed by atoms with Gasteiger partial charge in [0.1, 0.15) is 18.2 Å². The minimum absolute atomic E-state index is 0.134. The van der Waals surface area contributed by atoms with E-state index < -0.39 is 19.9 Å². The number of carbonyl (C=O) groups is 1. The Labute approximate surface area is 260 Å². The molecule has 2 aliphatic rings. The maximum absolute atomic E-state index is 15.2. The number of carbonyl (C=O) groups excluding carboxylic acids is 1. The number of aromatic nitrogens is 4. The van der Waals surface area contributed by atoms with Crippen molar-refractivity contribution in [2.75, 3.05) is 11.9 Å². The number of nitrogens with zero attached hydrogens (tertiary/aromatic N) is 3. The molecule has 2 N–H and O–H groups in total. The van der Waals surface area contributed by atoms with Crippen molar-refractivity contribution in [2.24, 2.45) is 17.8 Å². The molecule has 2 aromatic carbocycles. The van der Waals surface area contributed by atoms with E-state index in [0.29, 0.717) is 35.8 Å². The Kier molecular flexibility index (Phi) is 8.61. The van der Waals surface area contributed by atoms with E-state index in [4.69, 9.17) is 9.84 Å². The van der Waals surface area contributed by atoms with Crippen molar-refractivity contribution >= 4 is 19.7 Å². The molecule has 232 valence electrons. The highest BCUT2D eigenvalue weighted by atomic mass is 28.3. The number of H-pyrrole nitrogens is 1. The zero-order valence-corrected chi connectivity index (χ0v) is 27.5. The number of nitrogens with one attached hydrogen (secondary N) is 2. The van der Waals surface area contributed by atoms with Gasteiger partial charge in [0.25, 0.3) is 0 Å². The summed E-state index contributed by atoms with van der Waals surface area (Å²) < 4.78 is 23.0. The molecule has 0 radical (unpaired) electrons. The normalized spacial score (nSPS) is 16.0. The molecule has 0 spiro atoms. The number of benzene rings is 2. The van der Waals surface area contributed by atoms with Crippen LogP contribution >= 0.6 is 0 Å². The SMILES string of the molecule is Cc1nn(COCC[Si](C)(C)C)c(C)c1-c1ccc(NC(=O)C(c2nc(F)c(-c3ccccc3)[nH]2)C(C2CC2)C2CC2)cc1. The minimum atomic E-state index is -1.15. The van der Waals surface area contributed by atoms with Crippen LogP contribution in [0.15, 0.2) is 54.6 Å². The van der Waals surface area contributed by atoms with Crippen molar-refractivity contribution in [3.05, 3.63) is 77.8 Å². The third-order valence-electron chi connectivity index (χ3n) is 9.07. The van der Waals surface area contributed by atoms with Gasteiger partial charge in [-0.1, -0.05) is 62.1 Å². The Morgan fingerprint density at radius 2 is 1.68 bits per heavy atom. The highest BCUT2D eigenvalue weighted by molar-refractivity contribution is 6.76. The van der Waals surface area contributed by atoms with Gasteiger partial charge >= 0.3 is 0 Å². The van der Waals surface area contributed by atoms with Crippen LogP contribution in [0.25, 0.3) is 22.4 Å². The van der Waals surface area contributed by atoms with Crippen LogP contribution in [0, 0.1) is 37.5 Å². The highest BCUT2D eigenvalue weighted by Crippen LogP contribution is 2.55. The fraction of sp³-hybridized carbons (Fsp3) is 0.457. The van der Waals surface area contributed by atoms with E-state index in [-0.39, 0.29) is 11.8 Å². The number of hydrogen-bond donors (Lipinski definition) is 2. The number of anilines is 1. The van der Waals surface area contributed by atoms with Crippen molar-refractivity contribution in [2.45, 2.75) is 77.9 Å². The smallest absolute Gasteiger partial charge is 0.238 e. The quantitative estimate of drug-likeness (QED) is 0.118. The number of imidazole rings is 1. The molecule has 1 amide bonds. The average molecular weight is 614 g/mol. The standard InChI is InChI=1S/C35H44FN5O2Si/c1-22-29(23(2)41(40-22)21-43-19-20-44(3,4)5)24-15-17-28(18-16-24)37-35(42)31(30(25-11-12-25)26-13-14-26)34-38-32(33(36)39-34)27-9-7-6-8-10-27/h6-10,15-18,25-26,30-31H,11-14,19-21H2,1-5H3,(H,37,42)(H,38,39). The molecule has 6 rings (SSSR count). The molecule has 2 heterocycles. The van der Waals surface area contributed by atoms with Gasteiger partial charge in [-0.05, 0) is 81.0 Å². The van der Waals surface area contributed by atoms with Crippen molar-refractivity contribution in [1.29, 1.82) is 0 Å². The summed E-state index contributed by atoms with van der Waals surface area (Å²) in [5.41, 5.74) is 5.88. The second kappa shape index (κ2) is 12.4. The van der Waals surface area contributed by atoms with Crippen LogP contribution in [0.5, 0.6) is 0 Å². The molecule has 0 saturated heterocycles. The van der Waals surface area contributed by atoms with E-state index in [1.54, 1.807) is 0 Å². The second-order valence-corrected chi connectivity index (χ2v) is 19.5. The predicted octanol–water partition coefficient (Wildman–Crippen LogP) is 8.17. The zero-order valence-electron chi connectivity index (χ0n) is 26.5. The maximum Gasteiger partial charge on any atom is 0.238 e. The summed E-state index contributed by atoms with van der Waals surface area (Å²) in [7, 11) is -1.15. The van der Waals surface area contributed by atoms with Crippen LogP contribution in [0.1, 0.15) is 48.8 Å². The lowest BCUT2D eigenvalue weighted by Crippen LogP contribution is -2.31. The predicted molar refractivity (Wildman–Crippen MR) is 176 cm³/mol. The summed E-state index contributed by atoms with van der Waals surface area (Å²) in [6.07, 6.45) is 4.46. The van der Waals surface area contributed by atoms with Gasteiger partial charge in [0, 0.05) is 37.2 Å². The van der Waals surface area contributed by atoms with Gasteiger partial charge in [-0.25, -0.2) is 9.67 Å². The molecule has 0 aliphatic heterocycles. The molecule has 2 saturated carbocycles. The largest absolute Gasteiger partial charge is 0.360 e. The number of halogens is 1. The first-order valence-corrected chi connectivity index (χ1v) is 19.6. The summed E-state index contributed by atoms with van der Waals surface area (Å²) in [6.45, 7) is 12.3. The van der Waals surface area contributed by atoms with Crippen LogP contribution in [0.4, 0.5) is 10.1 Å². The van der Waals surface area contributed by atoms with Crippen molar-refractivity contribution in [1.82, 2.24) is 19.7 Å². The topological polar surface area (TPSA) is 84.8 Å². The molecular weight excluding hydrogens is 570 g/mol. The van der Waals surface area contributed by atoms with Gasteiger partial charge in [0.2, 0.25) is 11.9 Å². The van der Waals surface area contributed by atoms with E-state index in [9.17, 15) is 4.79 Å². The molecule has 1 unspecified atom stereocenters. The summed E-state index contributed by atoms with van der Waals surface area (Å²) in [4.78, 5) is 21.5. The lowest BCUT2D eigenvalue weighted by Gasteiger charge is -2.25. The summed E-state index contributed by atoms with van der Waals surface area (Å²) in [5.74, 6) is 0.312. The molecule has 0 bridgehead atoms. The summed E-state index contributed by atoms with van der Waals surface area (Å²) in [6, 6.07) is 18.4. The lowest BCUT2D eigenvalue weighted by molar-refractivity contribution is -0.119. The number of rotatable bonds is 13. The number of ether oxygens (including phenoxy) is 1. The molecule has 2 aromatic heterocycles. The van der Waals surface area contributed by atoms with Crippen LogP contribution in [-0.2, 0) is 16.3 Å². The third kappa shape index (κ3) is 6.89. The van der Waals surface area contributed by atoms with Crippen molar-refractivity contribution < 1.29 is 13.9 Å². The lowest BCUT2D eigenvalue weighted by atomic mass is 9.82. The maximum atomic E-state index is 15.2. The van der Waals surface area contributed by atoms with Gasteiger partial charge in [0.15, 0.2) is 0 Å². The Bertz CT molecular complexity index is 1590.